The standard InChI is InChI=1S/C25H26N2O5/c1-3-19-16(2)24(18-6-4-5-7-20(18)27-19)25(29)32-15-23(28)26-11-10-17-8-9-21-22(14-17)31-13-12-30-21/h4-9,14H,3,10-13,15H2,1-2H3,(H,26,28). The normalized spacial score (nSPS) is 12.4. The average Bonchev–Trinajstić information content (AvgIpc) is 2.82. The van der Waals surface area contributed by atoms with Crippen LogP contribution in [-0.2, 0) is 22.4 Å². The molecule has 0 atom stereocenters. The highest BCUT2D eigenvalue weighted by Gasteiger charge is 2.19. The van der Waals surface area contributed by atoms with Crippen LogP contribution in [0.3, 0.4) is 0 Å². The maximum Gasteiger partial charge on any atom is 0.339 e. The molecular formula is C25H26N2O5. The van der Waals surface area contributed by atoms with E-state index in [1.807, 2.05) is 56.3 Å². The van der Waals surface area contributed by atoms with E-state index < -0.39 is 5.97 Å². The van der Waals surface area contributed by atoms with E-state index in [0.717, 1.165) is 39.2 Å². The van der Waals surface area contributed by atoms with Crippen LogP contribution in [0.5, 0.6) is 11.5 Å². The molecule has 4 rings (SSSR count). The number of benzene rings is 2. The van der Waals surface area contributed by atoms with Gasteiger partial charge in [0, 0.05) is 17.6 Å². The third kappa shape index (κ3) is 4.66. The van der Waals surface area contributed by atoms with Gasteiger partial charge in [-0.15, -0.1) is 0 Å². The zero-order valence-electron chi connectivity index (χ0n) is 18.3. The molecule has 0 fully saturated rings. The van der Waals surface area contributed by atoms with Gasteiger partial charge in [-0.3, -0.25) is 9.78 Å². The first-order valence-electron chi connectivity index (χ1n) is 10.8. The number of hydrogen-bond donors (Lipinski definition) is 1. The van der Waals surface area contributed by atoms with E-state index >= 15 is 0 Å². The largest absolute Gasteiger partial charge is 0.486 e. The second-order valence-electron chi connectivity index (χ2n) is 7.58. The van der Waals surface area contributed by atoms with Gasteiger partial charge in [-0.25, -0.2) is 4.79 Å². The molecule has 3 aromatic rings. The van der Waals surface area contributed by atoms with Crippen molar-refractivity contribution in [3.05, 3.63) is 64.8 Å². The molecule has 0 saturated heterocycles. The monoisotopic (exact) mass is 434 g/mol. The molecule has 0 radical (unpaired) electrons. The van der Waals surface area contributed by atoms with E-state index in [1.165, 1.54) is 0 Å². The quantitative estimate of drug-likeness (QED) is 0.574. The van der Waals surface area contributed by atoms with Crippen molar-refractivity contribution in [2.24, 2.45) is 0 Å². The zero-order valence-corrected chi connectivity index (χ0v) is 18.3. The Hall–Kier alpha value is -3.61. The first-order chi connectivity index (χ1) is 15.6. The number of amides is 1. The Morgan fingerprint density at radius 3 is 2.69 bits per heavy atom. The number of rotatable bonds is 7. The third-order valence-electron chi connectivity index (χ3n) is 5.45. The summed E-state index contributed by atoms with van der Waals surface area (Å²) < 4.78 is 16.4. The maximum absolute atomic E-state index is 12.8. The predicted octanol–water partition coefficient (Wildman–Crippen LogP) is 3.39. The molecule has 2 heterocycles. The Bertz CT molecular complexity index is 1160. The van der Waals surface area contributed by atoms with Crippen molar-refractivity contribution >= 4 is 22.8 Å². The molecule has 1 aromatic heterocycles. The lowest BCUT2D eigenvalue weighted by Crippen LogP contribution is -2.30. The van der Waals surface area contributed by atoms with Gasteiger partial charge in [-0.05, 0) is 49.1 Å². The lowest BCUT2D eigenvalue weighted by molar-refractivity contribution is -0.124. The van der Waals surface area contributed by atoms with Crippen LogP contribution >= 0.6 is 0 Å². The summed E-state index contributed by atoms with van der Waals surface area (Å²) in [4.78, 5) is 29.7. The van der Waals surface area contributed by atoms with Gasteiger partial charge in [0.05, 0.1) is 11.1 Å². The van der Waals surface area contributed by atoms with E-state index in [9.17, 15) is 9.59 Å². The molecule has 166 valence electrons. The zero-order chi connectivity index (χ0) is 22.5. The number of pyridine rings is 1. The minimum atomic E-state index is -0.516. The van der Waals surface area contributed by atoms with Crippen LogP contribution in [0, 0.1) is 6.92 Å². The van der Waals surface area contributed by atoms with Crippen molar-refractivity contribution in [3.8, 4) is 11.5 Å². The Morgan fingerprint density at radius 2 is 1.88 bits per heavy atom. The lowest BCUT2D eigenvalue weighted by atomic mass is 10.0. The highest BCUT2D eigenvalue weighted by molar-refractivity contribution is 6.05. The Labute approximate surface area is 186 Å². The van der Waals surface area contributed by atoms with Crippen molar-refractivity contribution in [2.45, 2.75) is 26.7 Å². The van der Waals surface area contributed by atoms with Crippen LogP contribution in [0.1, 0.15) is 34.1 Å². The summed E-state index contributed by atoms with van der Waals surface area (Å²) in [6, 6.07) is 13.2. The number of nitrogens with zero attached hydrogens (tertiary/aromatic N) is 1. The summed E-state index contributed by atoms with van der Waals surface area (Å²) in [5.41, 5.74) is 3.87. The number of carbonyl (C=O) groups excluding carboxylic acids is 2. The number of para-hydroxylation sites is 1. The number of esters is 1. The van der Waals surface area contributed by atoms with E-state index in [-0.39, 0.29) is 12.5 Å². The number of hydrogen-bond acceptors (Lipinski definition) is 6. The average molecular weight is 434 g/mol. The highest BCUT2D eigenvalue weighted by Crippen LogP contribution is 2.30. The van der Waals surface area contributed by atoms with Gasteiger partial charge in [0.25, 0.3) is 5.91 Å². The third-order valence-corrected chi connectivity index (χ3v) is 5.45. The van der Waals surface area contributed by atoms with Crippen LogP contribution in [0.4, 0.5) is 0 Å². The smallest absolute Gasteiger partial charge is 0.339 e. The van der Waals surface area contributed by atoms with Crippen LogP contribution in [0.25, 0.3) is 10.9 Å². The van der Waals surface area contributed by atoms with Crippen molar-refractivity contribution in [3.63, 3.8) is 0 Å². The molecule has 0 unspecified atom stereocenters. The van der Waals surface area contributed by atoms with Gasteiger partial charge >= 0.3 is 5.97 Å². The van der Waals surface area contributed by atoms with Gasteiger partial charge in [-0.1, -0.05) is 31.2 Å². The molecule has 7 nitrogen and oxygen atoms in total. The molecule has 1 amide bonds. The molecule has 1 N–H and O–H groups in total. The number of aromatic nitrogens is 1. The number of ether oxygens (including phenoxy) is 3. The van der Waals surface area contributed by atoms with E-state index in [0.29, 0.717) is 38.2 Å². The van der Waals surface area contributed by atoms with Crippen molar-refractivity contribution in [1.29, 1.82) is 0 Å². The van der Waals surface area contributed by atoms with Gasteiger partial charge in [-0.2, -0.15) is 0 Å². The molecule has 32 heavy (non-hydrogen) atoms. The van der Waals surface area contributed by atoms with E-state index in [2.05, 4.69) is 10.3 Å². The lowest BCUT2D eigenvalue weighted by Gasteiger charge is -2.18. The van der Waals surface area contributed by atoms with Crippen LogP contribution < -0.4 is 14.8 Å². The summed E-state index contributed by atoms with van der Waals surface area (Å²) in [6.45, 7) is 5.03. The fourth-order valence-corrected chi connectivity index (χ4v) is 3.81. The highest BCUT2D eigenvalue weighted by atomic mass is 16.6. The Morgan fingerprint density at radius 1 is 1.09 bits per heavy atom. The van der Waals surface area contributed by atoms with Gasteiger partial charge in [0.2, 0.25) is 0 Å². The molecule has 1 aliphatic rings. The predicted molar refractivity (Wildman–Crippen MR) is 120 cm³/mol. The summed E-state index contributed by atoms with van der Waals surface area (Å²) in [7, 11) is 0. The Balaban J connectivity index is 1.33. The van der Waals surface area contributed by atoms with Crippen molar-refractivity contribution < 1.29 is 23.8 Å². The van der Waals surface area contributed by atoms with E-state index in [4.69, 9.17) is 14.2 Å². The van der Waals surface area contributed by atoms with Crippen LogP contribution in [0.15, 0.2) is 42.5 Å². The number of fused-ring (bicyclic) bond motifs is 2. The molecule has 0 saturated carbocycles. The van der Waals surface area contributed by atoms with E-state index in [1.54, 1.807) is 0 Å². The van der Waals surface area contributed by atoms with Gasteiger partial charge in [0.15, 0.2) is 18.1 Å². The van der Waals surface area contributed by atoms with Crippen LogP contribution in [0.2, 0.25) is 0 Å². The molecule has 7 heteroatoms. The number of carbonyl (C=O) groups is 2. The number of nitrogens with one attached hydrogen (secondary N) is 1. The second kappa shape index (κ2) is 9.68. The molecule has 0 aliphatic carbocycles. The summed E-state index contributed by atoms with van der Waals surface area (Å²) in [5.74, 6) is 0.599. The molecule has 0 bridgehead atoms. The maximum atomic E-state index is 12.8. The summed E-state index contributed by atoms with van der Waals surface area (Å²) >= 11 is 0. The number of aryl methyl sites for hydroxylation is 1. The summed E-state index contributed by atoms with van der Waals surface area (Å²) in [6.07, 6.45) is 1.33. The minimum Gasteiger partial charge on any atom is -0.486 e. The second-order valence-corrected chi connectivity index (χ2v) is 7.58. The molecular weight excluding hydrogens is 408 g/mol. The van der Waals surface area contributed by atoms with Crippen LogP contribution in [-0.4, -0.2) is 43.2 Å². The fourth-order valence-electron chi connectivity index (χ4n) is 3.81. The van der Waals surface area contributed by atoms with Gasteiger partial charge < -0.3 is 19.5 Å². The molecule has 2 aromatic carbocycles. The fraction of sp³-hybridized carbons (Fsp3) is 0.320. The SMILES string of the molecule is CCc1nc2ccccc2c(C(=O)OCC(=O)NCCc2ccc3c(c2)OCCO3)c1C. The topological polar surface area (TPSA) is 86.8 Å². The van der Waals surface area contributed by atoms with Gasteiger partial charge in [0.1, 0.15) is 13.2 Å². The molecule has 0 spiro atoms. The summed E-state index contributed by atoms with van der Waals surface area (Å²) in [5, 5.41) is 3.52. The minimum absolute atomic E-state index is 0.336. The van der Waals surface area contributed by atoms with Crippen molar-refractivity contribution in [2.75, 3.05) is 26.4 Å². The first-order valence-corrected chi connectivity index (χ1v) is 10.8. The van der Waals surface area contributed by atoms with Crippen molar-refractivity contribution in [1.82, 2.24) is 10.3 Å². The molecule has 1 aliphatic heterocycles. The Kier molecular flexibility index (Phi) is 6.54. The first kappa shape index (κ1) is 21.6.